The quantitative estimate of drug-likeness (QED) is 0.346. The Hall–Kier alpha value is -1.69. The molecule has 0 saturated heterocycles. The van der Waals surface area contributed by atoms with Gasteiger partial charge in [-0.3, -0.25) is 4.79 Å². The standard InChI is InChI=1S/C15H20N4O4S3/c1-4-23-13(21)12-9(2)7-11(25-12)17-10(20)8-24-15-19-18-14(26-15)16-5-6-22-3/h7H,4-6,8H2,1-3H3,(H,16,18)(H,17,20). The third-order valence-electron chi connectivity index (χ3n) is 2.96. The van der Waals surface area contributed by atoms with Gasteiger partial charge in [0, 0.05) is 13.7 Å². The number of anilines is 2. The van der Waals surface area contributed by atoms with Crippen molar-refractivity contribution in [3.05, 3.63) is 16.5 Å². The summed E-state index contributed by atoms with van der Waals surface area (Å²) in [5.41, 5.74) is 0.785. The number of aryl methyl sites for hydroxylation is 1. The van der Waals surface area contributed by atoms with Crippen molar-refractivity contribution in [1.29, 1.82) is 0 Å². The largest absolute Gasteiger partial charge is 0.462 e. The molecular formula is C15H20N4O4S3. The smallest absolute Gasteiger partial charge is 0.348 e. The van der Waals surface area contributed by atoms with Crippen molar-refractivity contribution >= 4 is 56.4 Å². The number of nitrogens with zero attached hydrogens (tertiary/aromatic N) is 2. The van der Waals surface area contributed by atoms with E-state index in [0.29, 0.717) is 39.1 Å². The molecule has 0 bridgehead atoms. The van der Waals surface area contributed by atoms with Gasteiger partial charge in [0.2, 0.25) is 11.0 Å². The molecule has 8 nitrogen and oxygen atoms in total. The number of hydrogen-bond acceptors (Lipinski definition) is 10. The molecule has 11 heteroatoms. The van der Waals surface area contributed by atoms with E-state index < -0.39 is 0 Å². The third kappa shape index (κ3) is 6.24. The molecule has 2 rings (SSSR count). The second kappa shape index (κ2) is 10.5. The van der Waals surface area contributed by atoms with Gasteiger partial charge in [-0.2, -0.15) is 0 Å². The molecule has 2 N–H and O–H groups in total. The van der Waals surface area contributed by atoms with Gasteiger partial charge in [0.1, 0.15) is 4.88 Å². The molecule has 2 aromatic rings. The lowest BCUT2D eigenvalue weighted by molar-refractivity contribution is -0.113. The van der Waals surface area contributed by atoms with Gasteiger partial charge in [-0.05, 0) is 25.5 Å². The number of amides is 1. The van der Waals surface area contributed by atoms with Crippen LogP contribution in [0.1, 0.15) is 22.2 Å². The Kier molecular flexibility index (Phi) is 8.29. The number of methoxy groups -OCH3 is 1. The van der Waals surface area contributed by atoms with Gasteiger partial charge < -0.3 is 20.1 Å². The van der Waals surface area contributed by atoms with Crippen LogP contribution in [0.15, 0.2) is 10.4 Å². The van der Waals surface area contributed by atoms with Crippen LogP contribution in [-0.4, -0.2) is 54.7 Å². The highest BCUT2D eigenvalue weighted by Gasteiger charge is 2.16. The van der Waals surface area contributed by atoms with Crippen LogP contribution in [-0.2, 0) is 14.3 Å². The number of nitrogens with one attached hydrogen (secondary N) is 2. The number of aromatic nitrogens is 2. The highest BCUT2D eigenvalue weighted by molar-refractivity contribution is 8.01. The number of thiophene rings is 1. The highest BCUT2D eigenvalue weighted by Crippen LogP contribution is 2.29. The average Bonchev–Trinajstić information content (AvgIpc) is 3.20. The van der Waals surface area contributed by atoms with Gasteiger partial charge in [-0.15, -0.1) is 21.5 Å². The van der Waals surface area contributed by atoms with E-state index in [0.717, 1.165) is 5.56 Å². The van der Waals surface area contributed by atoms with Crippen molar-refractivity contribution in [2.75, 3.05) is 43.3 Å². The fraction of sp³-hybridized carbons (Fsp3) is 0.467. The summed E-state index contributed by atoms with van der Waals surface area (Å²) < 4.78 is 10.7. The van der Waals surface area contributed by atoms with E-state index in [1.807, 2.05) is 6.92 Å². The molecule has 0 aliphatic rings. The molecule has 142 valence electrons. The van der Waals surface area contributed by atoms with Crippen molar-refractivity contribution in [3.8, 4) is 0 Å². The lowest BCUT2D eigenvalue weighted by atomic mass is 10.3. The van der Waals surface area contributed by atoms with Crippen molar-refractivity contribution < 1.29 is 19.1 Å². The molecule has 1 amide bonds. The van der Waals surface area contributed by atoms with E-state index in [1.54, 1.807) is 20.1 Å². The number of thioether (sulfide) groups is 1. The van der Waals surface area contributed by atoms with Gasteiger partial charge in [0.05, 0.1) is 24.0 Å². The third-order valence-corrected chi connectivity index (χ3v) is 6.10. The van der Waals surface area contributed by atoms with Gasteiger partial charge in [-0.1, -0.05) is 23.1 Å². The first-order valence-corrected chi connectivity index (χ1v) is 10.4. The second-order valence-corrected chi connectivity index (χ2v) is 8.22. The maximum atomic E-state index is 12.1. The number of ether oxygens (including phenoxy) is 2. The number of carbonyl (C=O) groups is 2. The highest BCUT2D eigenvalue weighted by atomic mass is 32.2. The van der Waals surface area contributed by atoms with Crippen LogP contribution in [0.2, 0.25) is 0 Å². The average molecular weight is 417 g/mol. The Morgan fingerprint density at radius 3 is 2.85 bits per heavy atom. The van der Waals surface area contributed by atoms with Crippen LogP contribution in [0.4, 0.5) is 10.1 Å². The topological polar surface area (TPSA) is 102 Å². The number of rotatable bonds is 10. The molecule has 0 saturated carbocycles. The van der Waals surface area contributed by atoms with Crippen LogP contribution in [0, 0.1) is 6.92 Å². The van der Waals surface area contributed by atoms with Crippen LogP contribution in [0.5, 0.6) is 0 Å². The minimum absolute atomic E-state index is 0.171. The molecule has 0 fully saturated rings. The van der Waals surface area contributed by atoms with Crippen molar-refractivity contribution in [1.82, 2.24) is 10.2 Å². The van der Waals surface area contributed by atoms with Crippen LogP contribution >= 0.6 is 34.4 Å². The van der Waals surface area contributed by atoms with Crippen molar-refractivity contribution in [2.45, 2.75) is 18.2 Å². The number of esters is 1. The summed E-state index contributed by atoms with van der Waals surface area (Å²) in [6.45, 7) is 5.12. The van der Waals surface area contributed by atoms with Crippen LogP contribution < -0.4 is 10.6 Å². The molecule has 0 aromatic carbocycles. The van der Waals surface area contributed by atoms with Gasteiger partial charge >= 0.3 is 5.97 Å². The molecule has 0 aliphatic carbocycles. The zero-order valence-electron chi connectivity index (χ0n) is 14.7. The summed E-state index contributed by atoms with van der Waals surface area (Å²) in [5, 5.41) is 15.2. The first-order valence-electron chi connectivity index (χ1n) is 7.80. The first kappa shape index (κ1) is 20.6. The van der Waals surface area contributed by atoms with E-state index in [2.05, 4.69) is 20.8 Å². The summed E-state index contributed by atoms with van der Waals surface area (Å²) in [6.07, 6.45) is 0. The predicted molar refractivity (Wildman–Crippen MR) is 105 cm³/mol. The molecule has 0 radical (unpaired) electrons. The minimum Gasteiger partial charge on any atom is -0.462 e. The summed E-state index contributed by atoms with van der Waals surface area (Å²) in [7, 11) is 1.63. The Labute approximate surface area is 163 Å². The van der Waals surface area contributed by atoms with E-state index in [9.17, 15) is 9.59 Å². The number of carbonyl (C=O) groups excluding carboxylic acids is 2. The molecular weight excluding hydrogens is 396 g/mol. The fourth-order valence-corrected chi connectivity index (χ4v) is 4.40. The fourth-order valence-electron chi connectivity index (χ4n) is 1.84. The first-order chi connectivity index (χ1) is 12.5. The predicted octanol–water partition coefficient (Wildman–Crippen LogP) is 2.87. The maximum Gasteiger partial charge on any atom is 0.348 e. The SMILES string of the molecule is CCOC(=O)c1sc(NC(=O)CSc2nnc(NCCOC)s2)cc1C. The summed E-state index contributed by atoms with van der Waals surface area (Å²) in [4.78, 5) is 24.4. The zero-order valence-corrected chi connectivity index (χ0v) is 17.1. The van der Waals surface area contributed by atoms with E-state index in [1.165, 1.54) is 34.4 Å². The Morgan fingerprint density at radius 1 is 1.31 bits per heavy atom. The van der Waals surface area contributed by atoms with Crippen molar-refractivity contribution in [3.63, 3.8) is 0 Å². The van der Waals surface area contributed by atoms with Crippen LogP contribution in [0.3, 0.4) is 0 Å². The van der Waals surface area contributed by atoms with Gasteiger partial charge in [0.15, 0.2) is 4.34 Å². The zero-order chi connectivity index (χ0) is 18.9. The molecule has 0 atom stereocenters. The van der Waals surface area contributed by atoms with E-state index >= 15 is 0 Å². The summed E-state index contributed by atoms with van der Waals surface area (Å²) in [5.74, 6) is -0.332. The second-order valence-electron chi connectivity index (χ2n) is 4.97. The minimum atomic E-state index is -0.368. The normalized spacial score (nSPS) is 10.6. The molecule has 26 heavy (non-hydrogen) atoms. The Morgan fingerprint density at radius 2 is 2.12 bits per heavy atom. The van der Waals surface area contributed by atoms with Crippen LogP contribution in [0.25, 0.3) is 0 Å². The van der Waals surface area contributed by atoms with Crippen molar-refractivity contribution in [2.24, 2.45) is 0 Å². The Balaban J connectivity index is 1.82. The molecule has 2 aromatic heterocycles. The molecule has 0 spiro atoms. The Bertz CT molecular complexity index is 747. The summed E-state index contributed by atoms with van der Waals surface area (Å²) >= 11 is 3.90. The lowest BCUT2D eigenvalue weighted by Crippen LogP contribution is -2.12. The lowest BCUT2D eigenvalue weighted by Gasteiger charge is -2.01. The monoisotopic (exact) mass is 416 g/mol. The maximum absolute atomic E-state index is 12.1. The van der Waals surface area contributed by atoms with Gasteiger partial charge in [0.25, 0.3) is 0 Å². The van der Waals surface area contributed by atoms with Gasteiger partial charge in [-0.25, -0.2) is 4.79 Å². The molecule has 2 heterocycles. The van der Waals surface area contributed by atoms with E-state index in [-0.39, 0.29) is 17.6 Å². The summed E-state index contributed by atoms with van der Waals surface area (Å²) in [6, 6.07) is 1.77. The molecule has 0 aliphatic heterocycles. The van der Waals surface area contributed by atoms with E-state index in [4.69, 9.17) is 9.47 Å². The number of hydrogen-bond donors (Lipinski definition) is 2. The molecule has 0 unspecified atom stereocenters.